The van der Waals surface area contributed by atoms with E-state index >= 15 is 0 Å². The van der Waals surface area contributed by atoms with Crippen molar-refractivity contribution < 1.29 is 8.95 Å². The van der Waals surface area contributed by atoms with E-state index in [-0.39, 0.29) is 23.1 Å². The third-order valence-electron chi connectivity index (χ3n) is 5.08. The normalized spacial score (nSPS) is 20.0. The van der Waals surface area contributed by atoms with Gasteiger partial charge in [0, 0.05) is 19.7 Å². The van der Waals surface area contributed by atoms with Crippen molar-refractivity contribution in [3.8, 4) is 23.2 Å². The lowest BCUT2D eigenvalue weighted by molar-refractivity contribution is 0.219. The molecule has 11 heteroatoms. The van der Waals surface area contributed by atoms with E-state index in [2.05, 4.69) is 30.2 Å². The number of nitriles is 1. The van der Waals surface area contributed by atoms with Gasteiger partial charge in [-0.15, -0.1) is 0 Å². The summed E-state index contributed by atoms with van der Waals surface area (Å²) in [6, 6.07) is 7.83. The van der Waals surface area contributed by atoms with E-state index in [9.17, 15) is 9.47 Å². The molecule has 1 aliphatic rings. The lowest BCUT2D eigenvalue weighted by atomic mass is 10.1. The monoisotopic (exact) mass is 438 g/mol. The second-order valence-corrected chi connectivity index (χ2v) is 9.41. The van der Waals surface area contributed by atoms with E-state index < -0.39 is 16.0 Å². The minimum Gasteiger partial charge on any atom is -0.467 e. The second-order valence-electron chi connectivity index (χ2n) is 7.27. The fourth-order valence-corrected chi connectivity index (χ4v) is 4.91. The summed E-state index contributed by atoms with van der Waals surface area (Å²) < 4.78 is 28.4. The molecule has 2 aromatic heterocycles. The highest BCUT2D eigenvalue weighted by molar-refractivity contribution is 7.94. The van der Waals surface area contributed by atoms with Crippen LogP contribution in [0.2, 0.25) is 0 Å². The Balaban J connectivity index is 2.03. The number of nitrogens with two attached hydrogens (primary N) is 1. The number of hydrogen-bond acceptors (Lipinski definition) is 8. The van der Waals surface area contributed by atoms with Crippen LogP contribution in [0.25, 0.3) is 11.3 Å². The van der Waals surface area contributed by atoms with E-state index in [4.69, 9.17) is 10.5 Å². The summed E-state index contributed by atoms with van der Waals surface area (Å²) in [5, 5.41) is 14.1. The first-order chi connectivity index (χ1) is 14.7. The summed E-state index contributed by atoms with van der Waals surface area (Å²) >= 11 is 0. The van der Waals surface area contributed by atoms with E-state index in [1.165, 1.54) is 17.9 Å². The molecule has 31 heavy (non-hydrogen) atoms. The van der Waals surface area contributed by atoms with Gasteiger partial charge in [-0.2, -0.15) is 10.4 Å². The van der Waals surface area contributed by atoms with Crippen molar-refractivity contribution in [1.29, 1.82) is 5.26 Å². The van der Waals surface area contributed by atoms with Crippen LogP contribution in [0.5, 0.6) is 5.88 Å². The molecule has 4 rings (SSSR count). The number of rotatable bonds is 0. The average Bonchev–Trinajstić information content (AvgIpc) is 3.04. The molecule has 10 nitrogen and oxygen atoms in total. The Bertz CT molecular complexity index is 1350. The van der Waals surface area contributed by atoms with Gasteiger partial charge in [0.25, 0.3) is 5.88 Å². The van der Waals surface area contributed by atoms with E-state index in [1.54, 1.807) is 7.05 Å². The number of fused-ring (bicyclic) bond motifs is 5. The van der Waals surface area contributed by atoms with Gasteiger partial charge in [0.15, 0.2) is 5.82 Å². The zero-order valence-corrected chi connectivity index (χ0v) is 18.4. The third kappa shape index (κ3) is 3.66. The molecule has 3 heterocycles. The van der Waals surface area contributed by atoms with Crippen LogP contribution < -0.4 is 15.2 Å². The Morgan fingerprint density at radius 1 is 1.45 bits per heavy atom. The molecule has 3 aromatic rings. The SMILES string of the molecule is CN=S1(=O)Cc2nn(C)c(C#N)c2-c2cnc(N)c(n2)O[C@H](C)c2cc(C)ccc2N1. The van der Waals surface area contributed by atoms with Gasteiger partial charge in [-0.05, 0) is 19.9 Å². The minimum atomic E-state index is -2.97. The molecule has 1 unspecified atom stereocenters. The quantitative estimate of drug-likeness (QED) is 0.549. The van der Waals surface area contributed by atoms with Gasteiger partial charge in [0.05, 0.1) is 34.6 Å². The van der Waals surface area contributed by atoms with E-state index in [0.29, 0.717) is 22.6 Å². The number of ether oxygens (including phenoxy) is 1. The third-order valence-corrected chi connectivity index (χ3v) is 6.87. The Labute approximate surface area is 180 Å². The van der Waals surface area contributed by atoms with Crippen LogP contribution >= 0.6 is 0 Å². The molecule has 0 aliphatic carbocycles. The van der Waals surface area contributed by atoms with Crippen LogP contribution in [-0.2, 0) is 22.7 Å². The van der Waals surface area contributed by atoms with Gasteiger partial charge in [-0.25, -0.2) is 18.5 Å². The molecule has 160 valence electrons. The molecule has 0 spiro atoms. The number of nitrogens with one attached hydrogen (secondary N) is 1. The highest BCUT2D eigenvalue weighted by Crippen LogP contribution is 2.35. The van der Waals surface area contributed by atoms with E-state index in [0.717, 1.165) is 11.1 Å². The summed E-state index contributed by atoms with van der Waals surface area (Å²) in [5.74, 6) is 0.252. The fraction of sp³-hybridized carbons (Fsp3) is 0.300. The van der Waals surface area contributed by atoms with E-state index in [1.807, 2.05) is 32.0 Å². The number of hydrogen-bond donors (Lipinski definition) is 2. The molecule has 2 atom stereocenters. The number of nitrogens with zero attached hydrogens (tertiary/aromatic N) is 6. The van der Waals surface area contributed by atoms with Gasteiger partial charge in [0.1, 0.15) is 27.8 Å². The summed E-state index contributed by atoms with van der Waals surface area (Å²) in [6.45, 7) is 3.81. The van der Waals surface area contributed by atoms with Crippen LogP contribution in [0.3, 0.4) is 0 Å². The zero-order chi connectivity index (χ0) is 22.3. The highest BCUT2D eigenvalue weighted by Gasteiger charge is 2.26. The maximum absolute atomic E-state index is 13.7. The number of nitrogen functional groups attached to an aromatic ring is 1. The van der Waals surface area contributed by atoms with Crippen molar-refractivity contribution in [2.24, 2.45) is 11.4 Å². The van der Waals surface area contributed by atoms with Crippen molar-refractivity contribution >= 4 is 21.4 Å². The Morgan fingerprint density at radius 3 is 2.94 bits per heavy atom. The second kappa shape index (κ2) is 7.55. The van der Waals surface area contributed by atoms with Crippen LogP contribution in [0.15, 0.2) is 28.8 Å². The maximum Gasteiger partial charge on any atom is 0.258 e. The smallest absolute Gasteiger partial charge is 0.258 e. The molecule has 0 fully saturated rings. The molecule has 0 radical (unpaired) electrons. The van der Waals surface area contributed by atoms with Crippen molar-refractivity contribution in [3.63, 3.8) is 0 Å². The molecule has 0 amide bonds. The zero-order valence-electron chi connectivity index (χ0n) is 17.6. The summed E-state index contributed by atoms with van der Waals surface area (Å²) in [4.78, 5) is 8.74. The molecule has 2 bridgehead atoms. The molecule has 0 saturated heterocycles. The topological polar surface area (TPSA) is 144 Å². The van der Waals surface area contributed by atoms with Crippen molar-refractivity contribution in [3.05, 3.63) is 46.9 Å². The van der Waals surface area contributed by atoms with Crippen LogP contribution in [-0.4, -0.2) is 31.0 Å². The van der Waals surface area contributed by atoms with Gasteiger partial charge in [-0.3, -0.25) is 9.40 Å². The first-order valence-corrected chi connectivity index (χ1v) is 11.2. The average molecular weight is 439 g/mol. The largest absolute Gasteiger partial charge is 0.467 e. The fourth-order valence-electron chi connectivity index (χ4n) is 3.51. The number of aryl methyl sites for hydroxylation is 2. The molecular formula is C20H22N8O2S. The van der Waals surface area contributed by atoms with Gasteiger partial charge < -0.3 is 10.5 Å². The lowest BCUT2D eigenvalue weighted by Gasteiger charge is -2.22. The number of aromatic nitrogens is 4. The first kappa shape index (κ1) is 20.6. The lowest BCUT2D eigenvalue weighted by Crippen LogP contribution is -2.19. The molecule has 0 saturated carbocycles. The standard InChI is InChI=1S/C20H22N8O2S/c1-11-5-6-14-13(7-11)12(2)30-20-19(22)24-9-15(25-20)18-16(10-31(29,23-3)27-14)26-28(4)17(18)8-21/h5-7,9,12H,10H2,1-4H3,(H2,22,24)(H,23,27,29)/t12-,31?/m1/s1. The van der Waals surface area contributed by atoms with Crippen molar-refractivity contribution in [2.75, 3.05) is 17.5 Å². The summed E-state index contributed by atoms with van der Waals surface area (Å²) in [5.41, 5.74) is 9.90. The van der Waals surface area contributed by atoms with Crippen molar-refractivity contribution in [2.45, 2.75) is 25.7 Å². The Morgan fingerprint density at radius 2 is 2.23 bits per heavy atom. The predicted octanol–water partition coefficient (Wildman–Crippen LogP) is 2.72. The maximum atomic E-state index is 13.7. The molecule has 1 aromatic carbocycles. The molecule has 3 N–H and O–H groups in total. The van der Waals surface area contributed by atoms with Crippen LogP contribution in [0.4, 0.5) is 11.5 Å². The summed E-state index contributed by atoms with van der Waals surface area (Å²) in [6.07, 6.45) is 0.981. The van der Waals surface area contributed by atoms with Gasteiger partial charge in [-0.1, -0.05) is 17.7 Å². The van der Waals surface area contributed by atoms with Crippen LogP contribution in [0.1, 0.15) is 35.5 Å². The van der Waals surface area contributed by atoms with Crippen molar-refractivity contribution in [1.82, 2.24) is 19.7 Å². The first-order valence-electron chi connectivity index (χ1n) is 9.51. The Hall–Kier alpha value is -3.65. The molecule has 1 aliphatic heterocycles. The van der Waals surface area contributed by atoms with Crippen LogP contribution in [0, 0.1) is 18.3 Å². The van der Waals surface area contributed by atoms with Gasteiger partial charge in [0.2, 0.25) is 0 Å². The Kier molecular flexibility index (Phi) is 5.02. The minimum absolute atomic E-state index is 0.0295. The highest BCUT2D eigenvalue weighted by atomic mass is 32.2. The predicted molar refractivity (Wildman–Crippen MR) is 117 cm³/mol. The number of benzene rings is 1. The summed E-state index contributed by atoms with van der Waals surface area (Å²) in [7, 11) is 0.163. The number of anilines is 2. The molecular weight excluding hydrogens is 416 g/mol. The van der Waals surface area contributed by atoms with Gasteiger partial charge >= 0.3 is 0 Å².